The molecule has 2 rings (SSSR count). The zero-order chi connectivity index (χ0) is 13.3. The van der Waals surface area contributed by atoms with Gasteiger partial charge in [0.15, 0.2) is 0 Å². The van der Waals surface area contributed by atoms with Crippen LogP contribution in [0.1, 0.15) is 37.4 Å². The number of carbonyl (C=O) groups is 1. The van der Waals surface area contributed by atoms with Gasteiger partial charge < -0.3 is 9.30 Å². The highest BCUT2D eigenvalue weighted by Gasteiger charge is 2.20. The molecule has 18 heavy (non-hydrogen) atoms. The highest BCUT2D eigenvalue weighted by atomic mass is 35.5. The number of hydrogen-bond donors (Lipinski definition) is 0. The monoisotopic (exact) mass is 266 g/mol. The normalized spacial score (nSPS) is 11.2. The highest BCUT2D eigenvalue weighted by molar-refractivity contribution is 6.31. The van der Waals surface area contributed by atoms with Gasteiger partial charge in [0.25, 0.3) is 0 Å². The molecule has 0 aliphatic heterocycles. The van der Waals surface area contributed by atoms with Gasteiger partial charge in [0, 0.05) is 11.1 Å². The number of imidazole rings is 1. The van der Waals surface area contributed by atoms with E-state index in [1.807, 2.05) is 24.5 Å². The molecular weight excluding hydrogens is 252 g/mol. The fraction of sp³-hybridized carbons (Fsp3) is 0.385. The molecule has 0 fully saturated rings. The van der Waals surface area contributed by atoms with Gasteiger partial charge in [-0.1, -0.05) is 11.6 Å². The van der Waals surface area contributed by atoms with Crippen LogP contribution in [0, 0.1) is 0 Å². The van der Waals surface area contributed by atoms with Crippen molar-refractivity contribution in [3.05, 3.63) is 29.0 Å². The van der Waals surface area contributed by atoms with Crippen LogP contribution in [-0.4, -0.2) is 22.1 Å². The van der Waals surface area contributed by atoms with E-state index >= 15 is 0 Å². The molecule has 0 aliphatic carbocycles. The van der Waals surface area contributed by atoms with E-state index in [2.05, 4.69) is 4.98 Å². The van der Waals surface area contributed by atoms with Crippen molar-refractivity contribution in [3.63, 3.8) is 0 Å². The summed E-state index contributed by atoms with van der Waals surface area (Å²) in [5, 5.41) is 0.603. The van der Waals surface area contributed by atoms with Crippen LogP contribution in [0.3, 0.4) is 0 Å². The van der Waals surface area contributed by atoms with E-state index in [0.29, 0.717) is 23.0 Å². The summed E-state index contributed by atoms with van der Waals surface area (Å²) in [6.45, 7) is 6.11. The lowest BCUT2D eigenvalue weighted by Crippen LogP contribution is -2.14. The van der Waals surface area contributed by atoms with Crippen molar-refractivity contribution in [2.75, 3.05) is 6.61 Å². The summed E-state index contributed by atoms with van der Waals surface area (Å²) in [6, 6.07) is 5.53. The third-order valence-electron chi connectivity index (χ3n) is 2.63. The van der Waals surface area contributed by atoms with Crippen LogP contribution >= 0.6 is 11.6 Å². The van der Waals surface area contributed by atoms with Gasteiger partial charge in [-0.3, -0.25) is 0 Å². The largest absolute Gasteiger partial charge is 0.460 e. The third-order valence-corrected chi connectivity index (χ3v) is 2.86. The second kappa shape index (κ2) is 4.98. The first-order valence-electron chi connectivity index (χ1n) is 5.89. The maximum atomic E-state index is 11.9. The molecule has 0 N–H and O–H groups in total. The zero-order valence-electron chi connectivity index (χ0n) is 10.6. The number of ether oxygens (including phenoxy) is 1. The van der Waals surface area contributed by atoms with E-state index in [9.17, 15) is 4.79 Å². The third kappa shape index (κ3) is 2.20. The average molecular weight is 267 g/mol. The molecule has 0 saturated heterocycles. The summed E-state index contributed by atoms with van der Waals surface area (Å²) in [7, 11) is 0. The van der Waals surface area contributed by atoms with Crippen molar-refractivity contribution in [2.45, 2.75) is 26.8 Å². The molecule has 0 amide bonds. The summed E-state index contributed by atoms with van der Waals surface area (Å²) in [5.74, 6) is -0.0809. The Balaban J connectivity index is 2.64. The lowest BCUT2D eigenvalue weighted by Gasteiger charge is -2.11. The molecule has 0 bridgehead atoms. The van der Waals surface area contributed by atoms with E-state index in [0.717, 1.165) is 5.52 Å². The van der Waals surface area contributed by atoms with E-state index in [1.165, 1.54) is 0 Å². The Labute approximate surface area is 111 Å². The molecule has 0 radical (unpaired) electrons. The Kier molecular flexibility index (Phi) is 3.57. The van der Waals surface area contributed by atoms with Crippen LogP contribution in [0.5, 0.6) is 0 Å². The first kappa shape index (κ1) is 12.9. The molecule has 0 spiro atoms. The highest BCUT2D eigenvalue weighted by Crippen LogP contribution is 2.24. The van der Waals surface area contributed by atoms with Crippen molar-refractivity contribution < 1.29 is 9.53 Å². The van der Waals surface area contributed by atoms with Crippen molar-refractivity contribution >= 4 is 28.6 Å². The van der Waals surface area contributed by atoms with Crippen LogP contribution in [0.15, 0.2) is 18.2 Å². The quantitative estimate of drug-likeness (QED) is 0.799. The number of halogens is 1. The maximum Gasteiger partial charge on any atom is 0.374 e. The van der Waals surface area contributed by atoms with E-state index in [4.69, 9.17) is 16.3 Å². The Morgan fingerprint density at radius 1 is 1.50 bits per heavy atom. The summed E-state index contributed by atoms with van der Waals surface area (Å²) in [4.78, 5) is 16.2. The fourth-order valence-corrected chi connectivity index (χ4v) is 2.10. The number of hydrogen-bond acceptors (Lipinski definition) is 3. The molecule has 0 aliphatic rings. The zero-order valence-corrected chi connectivity index (χ0v) is 11.4. The standard InChI is InChI=1S/C13H15ClN2O2/c1-4-18-13(17)12-15-10-7-9(14)5-6-11(10)16(12)8(2)3/h5-8H,4H2,1-3H3. The van der Waals surface area contributed by atoms with Gasteiger partial charge in [0.05, 0.1) is 17.6 Å². The van der Waals surface area contributed by atoms with Crippen LogP contribution in [0.2, 0.25) is 5.02 Å². The first-order chi connectivity index (χ1) is 8.54. The topological polar surface area (TPSA) is 44.1 Å². The van der Waals surface area contributed by atoms with Crippen LogP contribution in [-0.2, 0) is 4.74 Å². The molecule has 4 nitrogen and oxygen atoms in total. The average Bonchev–Trinajstić information content (AvgIpc) is 2.67. The molecule has 2 aromatic rings. The number of fused-ring (bicyclic) bond motifs is 1. The Morgan fingerprint density at radius 2 is 2.22 bits per heavy atom. The number of esters is 1. The van der Waals surface area contributed by atoms with Crippen molar-refractivity contribution in [3.8, 4) is 0 Å². The SMILES string of the molecule is CCOC(=O)c1nc2cc(Cl)ccc2n1C(C)C. The smallest absolute Gasteiger partial charge is 0.374 e. The molecule has 0 unspecified atom stereocenters. The van der Waals surface area contributed by atoms with Gasteiger partial charge in [-0.2, -0.15) is 0 Å². The second-order valence-corrected chi connectivity index (χ2v) is 4.69. The fourth-order valence-electron chi connectivity index (χ4n) is 1.93. The summed E-state index contributed by atoms with van der Waals surface area (Å²) in [5.41, 5.74) is 1.59. The van der Waals surface area contributed by atoms with Crippen molar-refractivity contribution in [2.24, 2.45) is 0 Å². The van der Waals surface area contributed by atoms with Gasteiger partial charge in [0.1, 0.15) is 0 Å². The first-order valence-corrected chi connectivity index (χ1v) is 6.27. The van der Waals surface area contributed by atoms with Gasteiger partial charge in [0.2, 0.25) is 5.82 Å². The van der Waals surface area contributed by atoms with Crippen molar-refractivity contribution in [1.29, 1.82) is 0 Å². The number of benzene rings is 1. The Hall–Kier alpha value is -1.55. The van der Waals surface area contributed by atoms with E-state index in [-0.39, 0.29) is 6.04 Å². The Bertz CT molecular complexity index is 590. The predicted molar refractivity (Wildman–Crippen MR) is 71.1 cm³/mol. The predicted octanol–water partition coefficient (Wildman–Crippen LogP) is 3.45. The van der Waals surface area contributed by atoms with Gasteiger partial charge >= 0.3 is 5.97 Å². The molecule has 1 aromatic heterocycles. The number of nitrogens with zero attached hydrogens (tertiary/aromatic N) is 2. The van der Waals surface area contributed by atoms with Crippen LogP contribution in [0.4, 0.5) is 0 Å². The minimum atomic E-state index is -0.404. The minimum Gasteiger partial charge on any atom is -0.460 e. The summed E-state index contributed by atoms with van der Waals surface area (Å²) < 4.78 is 6.89. The van der Waals surface area contributed by atoms with Crippen LogP contribution < -0.4 is 0 Å². The lowest BCUT2D eigenvalue weighted by atomic mass is 10.3. The summed E-state index contributed by atoms with van der Waals surface area (Å²) in [6.07, 6.45) is 0. The Morgan fingerprint density at radius 3 is 2.83 bits per heavy atom. The van der Waals surface area contributed by atoms with Crippen molar-refractivity contribution in [1.82, 2.24) is 9.55 Å². The molecular formula is C13H15ClN2O2. The summed E-state index contributed by atoms with van der Waals surface area (Å²) >= 11 is 5.94. The van der Waals surface area contributed by atoms with E-state index < -0.39 is 5.97 Å². The maximum absolute atomic E-state index is 11.9. The van der Waals surface area contributed by atoms with Gasteiger partial charge in [-0.05, 0) is 39.0 Å². The molecule has 96 valence electrons. The van der Waals surface area contributed by atoms with Gasteiger partial charge in [-0.25, -0.2) is 9.78 Å². The number of aromatic nitrogens is 2. The lowest BCUT2D eigenvalue weighted by molar-refractivity contribution is 0.0505. The molecule has 5 heteroatoms. The molecule has 1 heterocycles. The minimum absolute atomic E-state index is 0.121. The second-order valence-electron chi connectivity index (χ2n) is 4.25. The number of carbonyl (C=O) groups excluding carboxylic acids is 1. The molecule has 1 aromatic carbocycles. The van der Waals surface area contributed by atoms with Gasteiger partial charge in [-0.15, -0.1) is 0 Å². The molecule has 0 saturated carbocycles. The molecule has 0 atom stereocenters. The van der Waals surface area contributed by atoms with Crippen LogP contribution in [0.25, 0.3) is 11.0 Å². The number of rotatable bonds is 3. The van der Waals surface area contributed by atoms with E-state index in [1.54, 1.807) is 19.1 Å².